The van der Waals surface area contributed by atoms with Crippen LogP contribution in [0.1, 0.15) is 51.9 Å². The summed E-state index contributed by atoms with van der Waals surface area (Å²) in [6, 6.07) is 0. The predicted octanol–water partition coefficient (Wildman–Crippen LogP) is 2.37. The number of hydrogen-bond donors (Lipinski definition) is 1. The zero-order valence-electron chi connectivity index (χ0n) is 10.5. The normalized spacial score (nSPS) is 24.6. The van der Waals surface area contributed by atoms with Gasteiger partial charge in [0, 0.05) is 19.6 Å². The summed E-state index contributed by atoms with van der Waals surface area (Å²) in [5.41, 5.74) is 6.59. The lowest BCUT2D eigenvalue weighted by atomic mass is 10.0. The lowest BCUT2D eigenvalue weighted by Crippen LogP contribution is -2.41. The standard InChI is InChI=1S/C13H25N3/c1-2-6-13(7-8-13)11-15-12(14)16-9-4-3-5-10-16/h2-11H2,1H3,(H2,14,15). The highest BCUT2D eigenvalue weighted by Crippen LogP contribution is 2.49. The second-order valence-electron chi connectivity index (χ2n) is 5.47. The molecule has 2 N–H and O–H groups in total. The van der Waals surface area contributed by atoms with E-state index in [2.05, 4.69) is 16.8 Å². The van der Waals surface area contributed by atoms with E-state index in [0.29, 0.717) is 5.41 Å². The molecule has 0 aromatic heterocycles. The maximum atomic E-state index is 6.06. The zero-order chi connectivity index (χ0) is 11.4. The van der Waals surface area contributed by atoms with Gasteiger partial charge in [0.2, 0.25) is 0 Å². The number of aliphatic imine (C=N–C) groups is 1. The van der Waals surface area contributed by atoms with Crippen LogP contribution in [-0.2, 0) is 0 Å². The molecule has 0 bridgehead atoms. The molecule has 2 aliphatic rings. The number of piperidine rings is 1. The van der Waals surface area contributed by atoms with E-state index in [4.69, 9.17) is 5.73 Å². The summed E-state index contributed by atoms with van der Waals surface area (Å²) >= 11 is 0. The van der Waals surface area contributed by atoms with E-state index in [1.807, 2.05) is 0 Å². The first-order valence-electron chi connectivity index (χ1n) is 6.81. The van der Waals surface area contributed by atoms with Gasteiger partial charge in [-0.3, -0.25) is 4.99 Å². The molecule has 0 atom stereocenters. The predicted molar refractivity (Wildman–Crippen MR) is 68.5 cm³/mol. The Labute approximate surface area is 99.1 Å². The molecule has 1 aliphatic carbocycles. The molecule has 0 aromatic carbocycles. The molecule has 92 valence electrons. The smallest absolute Gasteiger partial charge is 0.191 e. The maximum absolute atomic E-state index is 6.06. The van der Waals surface area contributed by atoms with E-state index >= 15 is 0 Å². The van der Waals surface area contributed by atoms with Gasteiger partial charge >= 0.3 is 0 Å². The van der Waals surface area contributed by atoms with Crippen LogP contribution in [0.15, 0.2) is 4.99 Å². The third kappa shape index (κ3) is 2.89. The van der Waals surface area contributed by atoms with Crippen molar-refractivity contribution in [3.63, 3.8) is 0 Å². The molecule has 0 radical (unpaired) electrons. The van der Waals surface area contributed by atoms with Gasteiger partial charge in [-0.05, 0) is 43.9 Å². The minimum atomic E-state index is 0.537. The Balaban J connectivity index is 1.81. The number of rotatable bonds is 4. The average Bonchev–Trinajstić information content (AvgIpc) is 3.08. The molecule has 3 heteroatoms. The Hall–Kier alpha value is -0.730. The highest BCUT2D eigenvalue weighted by atomic mass is 15.3. The summed E-state index contributed by atoms with van der Waals surface area (Å²) in [7, 11) is 0. The molecular weight excluding hydrogens is 198 g/mol. The molecular formula is C13H25N3. The fourth-order valence-electron chi connectivity index (χ4n) is 2.67. The van der Waals surface area contributed by atoms with Gasteiger partial charge in [0.05, 0.1) is 0 Å². The van der Waals surface area contributed by atoms with Crippen LogP contribution in [0.5, 0.6) is 0 Å². The van der Waals surface area contributed by atoms with Crippen LogP contribution in [0, 0.1) is 5.41 Å². The molecule has 0 unspecified atom stereocenters. The lowest BCUT2D eigenvalue weighted by Gasteiger charge is -2.27. The van der Waals surface area contributed by atoms with Gasteiger partial charge in [-0.25, -0.2) is 0 Å². The van der Waals surface area contributed by atoms with E-state index < -0.39 is 0 Å². The lowest BCUT2D eigenvalue weighted by molar-refractivity contribution is 0.336. The minimum Gasteiger partial charge on any atom is -0.370 e. The molecule has 2 fully saturated rings. The zero-order valence-corrected chi connectivity index (χ0v) is 10.5. The van der Waals surface area contributed by atoms with Crippen LogP contribution < -0.4 is 5.73 Å². The minimum absolute atomic E-state index is 0.537. The van der Waals surface area contributed by atoms with Crippen molar-refractivity contribution in [2.45, 2.75) is 51.9 Å². The van der Waals surface area contributed by atoms with Gasteiger partial charge in [0.1, 0.15) is 0 Å². The van der Waals surface area contributed by atoms with Gasteiger partial charge < -0.3 is 10.6 Å². The molecule has 1 heterocycles. The summed E-state index contributed by atoms with van der Waals surface area (Å²) < 4.78 is 0. The fraction of sp³-hybridized carbons (Fsp3) is 0.923. The Morgan fingerprint density at radius 3 is 2.50 bits per heavy atom. The molecule has 1 saturated heterocycles. The molecule has 1 saturated carbocycles. The van der Waals surface area contributed by atoms with Crippen molar-refractivity contribution in [1.29, 1.82) is 0 Å². The van der Waals surface area contributed by atoms with Crippen LogP contribution in [-0.4, -0.2) is 30.5 Å². The third-order valence-corrected chi connectivity index (χ3v) is 3.99. The molecule has 1 aliphatic heterocycles. The topological polar surface area (TPSA) is 41.6 Å². The van der Waals surface area contributed by atoms with Crippen molar-refractivity contribution in [2.75, 3.05) is 19.6 Å². The highest BCUT2D eigenvalue weighted by Gasteiger charge is 2.41. The second-order valence-corrected chi connectivity index (χ2v) is 5.47. The Kier molecular flexibility index (Phi) is 3.72. The van der Waals surface area contributed by atoms with Crippen LogP contribution in [0.2, 0.25) is 0 Å². The fourth-order valence-corrected chi connectivity index (χ4v) is 2.67. The summed E-state index contributed by atoms with van der Waals surface area (Å²) in [5.74, 6) is 0.794. The van der Waals surface area contributed by atoms with Crippen molar-refractivity contribution in [1.82, 2.24) is 4.90 Å². The van der Waals surface area contributed by atoms with Gasteiger partial charge in [-0.1, -0.05) is 13.3 Å². The van der Waals surface area contributed by atoms with Crippen LogP contribution >= 0.6 is 0 Å². The molecule has 3 nitrogen and oxygen atoms in total. The van der Waals surface area contributed by atoms with E-state index in [0.717, 1.165) is 25.6 Å². The Morgan fingerprint density at radius 2 is 1.94 bits per heavy atom. The first-order valence-corrected chi connectivity index (χ1v) is 6.81. The second kappa shape index (κ2) is 5.07. The molecule has 0 aromatic rings. The number of hydrogen-bond acceptors (Lipinski definition) is 1. The van der Waals surface area contributed by atoms with Gasteiger partial charge in [-0.15, -0.1) is 0 Å². The third-order valence-electron chi connectivity index (χ3n) is 3.99. The SMILES string of the molecule is CCCC1(CN=C(N)N2CCCCC2)CC1. The van der Waals surface area contributed by atoms with Crippen molar-refractivity contribution < 1.29 is 0 Å². The molecule has 2 rings (SSSR count). The number of nitrogens with zero attached hydrogens (tertiary/aromatic N) is 2. The summed E-state index contributed by atoms with van der Waals surface area (Å²) in [6.07, 6.45) is 9.22. The maximum Gasteiger partial charge on any atom is 0.191 e. The van der Waals surface area contributed by atoms with Gasteiger partial charge in [-0.2, -0.15) is 0 Å². The van der Waals surface area contributed by atoms with Crippen molar-refractivity contribution in [2.24, 2.45) is 16.1 Å². The average molecular weight is 223 g/mol. The number of likely N-dealkylation sites (tertiary alicyclic amines) is 1. The molecule has 16 heavy (non-hydrogen) atoms. The van der Waals surface area contributed by atoms with E-state index in [9.17, 15) is 0 Å². The Morgan fingerprint density at radius 1 is 1.25 bits per heavy atom. The van der Waals surface area contributed by atoms with Crippen molar-refractivity contribution in [3.05, 3.63) is 0 Å². The summed E-state index contributed by atoms with van der Waals surface area (Å²) in [4.78, 5) is 6.88. The largest absolute Gasteiger partial charge is 0.370 e. The highest BCUT2D eigenvalue weighted by molar-refractivity contribution is 5.78. The van der Waals surface area contributed by atoms with Crippen molar-refractivity contribution >= 4 is 5.96 Å². The van der Waals surface area contributed by atoms with E-state index in [1.54, 1.807) is 0 Å². The first-order chi connectivity index (χ1) is 7.76. The number of nitrogens with two attached hydrogens (primary N) is 1. The van der Waals surface area contributed by atoms with Crippen LogP contribution in [0.3, 0.4) is 0 Å². The van der Waals surface area contributed by atoms with Crippen molar-refractivity contribution in [3.8, 4) is 0 Å². The van der Waals surface area contributed by atoms with Crippen LogP contribution in [0.25, 0.3) is 0 Å². The quantitative estimate of drug-likeness (QED) is 0.587. The van der Waals surface area contributed by atoms with E-state index in [1.165, 1.54) is 44.9 Å². The molecule has 0 amide bonds. The monoisotopic (exact) mass is 223 g/mol. The number of guanidine groups is 1. The Bertz CT molecular complexity index is 250. The first kappa shape index (κ1) is 11.7. The van der Waals surface area contributed by atoms with Gasteiger partial charge in [0.15, 0.2) is 5.96 Å². The van der Waals surface area contributed by atoms with Gasteiger partial charge in [0.25, 0.3) is 0 Å². The summed E-state index contributed by atoms with van der Waals surface area (Å²) in [6.45, 7) is 5.44. The molecule has 0 spiro atoms. The summed E-state index contributed by atoms with van der Waals surface area (Å²) in [5, 5.41) is 0. The van der Waals surface area contributed by atoms with Crippen LogP contribution in [0.4, 0.5) is 0 Å². The van der Waals surface area contributed by atoms with E-state index in [-0.39, 0.29) is 0 Å².